The number of halogens is 3. The summed E-state index contributed by atoms with van der Waals surface area (Å²) in [7, 11) is 0. The molecule has 0 aliphatic heterocycles. The molecule has 1 aromatic rings. The number of benzene rings is 1. The van der Waals surface area contributed by atoms with Crippen LogP contribution in [0.15, 0.2) is 24.3 Å². The SMILES string of the molecule is CCCOCCC(CBr)(CBr)c1ccc(F)cc1. The molecule has 0 aliphatic rings. The third-order valence-electron chi connectivity index (χ3n) is 3.04. The second-order valence-electron chi connectivity index (χ2n) is 4.42. The Balaban J connectivity index is 2.75. The Morgan fingerprint density at radius 1 is 1.11 bits per heavy atom. The number of hydrogen-bond donors (Lipinski definition) is 0. The number of rotatable bonds is 8. The molecule has 18 heavy (non-hydrogen) atoms. The molecule has 1 rings (SSSR count). The maximum Gasteiger partial charge on any atom is 0.123 e. The summed E-state index contributed by atoms with van der Waals surface area (Å²) >= 11 is 7.16. The van der Waals surface area contributed by atoms with Crippen LogP contribution in [0.5, 0.6) is 0 Å². The third kappa shape index (κ3) is 4.32. The Morgan fingerprint density at radius 3 is 2.22 bits per heavy atom. The fourth-order valence-corrected chi connectivity index (χ4v) is 3.92. The molecule has 0 fully saturated rings. The summed E-state index contributed by atoms with van der Waals surface area (Å²) in [5, 5.41) is 1.65. The van der Waals surface area contributed by atoms with Gasteiger partial charge in [-0.3, -0.25) is 0 Å². The fraction of sp³-hybridized carbons (Fsp3) is 0.571. The first-order valence-electron chi connectivity index (χ1n) is 6.14. The molecule has 0 N–H and O–H groups in total. The number of hydrogen-bond acceptors (Lipinski definition) is 1. The second-order valence-corrected chi connectivity index (χ2v) is 5.54. The zero-order chi connectivity index (χ0) is 13.4. The molecule has 102 valence electrons. The molecule has 0 aromatic heterocycles. The maximum atomic E-state index is 13.0. The minimum atomic E-state index is -0.195. The molecule has 0 bridgehead atoms. The quantitative estimate of drug-likeness (QED) is 0.469. The average Bonchev–Trinajstić information content (AvgIpc) is 2.41. The van der Waals surface area contributed by atoms with Crippen molar-refractivity contribution in [1.29, 1.82) is 0 Å². The van der Waals surface area contributed by atoms with E-state index >= 15 is 0 Å². The van der Waals surface area contributed by atoms with E-state index in [-0.39, 0.29) is 11.2 Å². The van der Waals surface area contributed by atoms with Gasteiger partial charge in [0.2, 0.25) is 0 Å². The van der Waals surface area contributed by atoms with Crippen LogP contribution in [-0.4, -0.2) is 23.9 Å². The van der Waals surface area contributed by atoms with Crippen molar-refractivity contribution in [1.82, 2.24) is 0 Å². The third-order valence-corrected chi connectivity index (χ3v) is 5.19. The van der Waals surface area contributed by atoms with Gasteiger partial charge in [0.1, 0.15) is 5.82 Å². The van der Waals surface area contributed by atoms with E-state index < -0.39 is 0 Å². The molecule has 0 aliphatic carbocycles. The Kier molecular flexibility index (Phi) is 7.42. The topological polar surface area (TPSA) is 9.23 Å². The summed E-state index contributed by atoms with van der Waals surface area (Å²) < 4.78 is 18.6. The van der Waals surface area contributed by atoms with Crippen LogP contribution in [-0.2, 0) is 10.2 Å². The van der Waals surface area contributed by atoms with Crippen LogP contribution in [0.25, 0.3) is 0 Å². The van der Waals surface area contributed by atoms with E-state index in [0.29, 0.717) is 0 Å². The monoisotopic (exact) mass is 380 g/mol. The van der Waals surface area contributed by atoms with Crippen LogP contribution < -0.4 is 0 Å². The number of alkyl halides is 2. The molecule has 0 saturated carbocycles. The predicted molar refractivity (Wildman–Crippen MR) is 81.4 cm³/mol. The van der Waals surface area contributed by atoms with Gasteiger partial charge in [-0.2, -0.15) is 0 Å². The van der Waals surface area contributed by atoms with Gasteiger partial charge in [-0.05, 0) is 30.5 Å². The lowest BCUT2D eigenvalue weighted by atomic mass is 9.82. The van der Waals surface area contributed by atoms with Gasteiger partial charge in [0.25, 0.3) is 0 Å². The normalized spacial score (nSPS) is 11.8. The second kappa shape index (κ2) is 8.28. The van der Waals surface area contributed by atoms with E-state index in [1.165, 1.54) is 12.1 Å². The van der Waals surface area contributed by atoms with Gasteiger partial charge in [-0.25, -0.2) is 4.39 Å². The summed E-state index contributed by atoms with van der Waals surface area (Å²) in [5.74, 6) is -0.195. The molecule has 0 amide bonds. The summed E-state index contributed by atoms with van der Waals surface area (Å²) in [6.45, 7) is 3.62. The Bertz CT molecular complexity index is 336. The van der Waals surface area contributed by atoms with E-state index in [0.717, 1.165) is 42.3 Å². The largest absolute Gasteiger partial charge is 0.381 e. The Hall–Kier alpha value is 0.0700. The summed E-state index contributed by atoms with van der Waals surface area (Å²) in [6.07, 6.45) is 1.95. The van der Waals surface area contributed by atoms with Crippen molar-refractivity contribution in [3.63, 3.8) is 0 Å². The first-order valence-corrected chi connectivity index (χ1v) is 8.38. The van der Waals surface area contributed by atoms with Crippen LogP contribution in [0.2, 0.25) is 0 Å². The summed E-state index contributed by atoms with van der Waals surface area (Å²) in [4.78, 5) is 0. The predicted octanol–water partition coefficient (Wildman–Crippen LogP) is 4.67. The molecule has 0 spiro atoms. The maximum absolute atomic E-state index is 13.0. The first kappa shape index (κ1) is 16.1. The molecule has 4 heteroatoms. The van der Waals surface area contributed by atoms with Gasteiger partial charge >= 0.3 is 0 Å². The van der Waals surface area contributed by atoms with E-state index in [2.05, 4.69) is 38.8 Å². The van der Waals surface area contributed by atoms with Crippen molar-refractivity contribution in [2.24, 2.45) is 0 Å². The molecule has 1 aromatic carbocycles. The first-order chi connectivity index (χ1) is 8.68. The highest BCUT2D eigenvalue weighted by Gasteiger charge is 2.29. The van der Waals surface area contributed by atoms with E-state index in [9.17, 15) is 4.39 Å². The molecule has 1 nitrogen and oxygen atoms in total. The van der Waals surface area contributed by atoms with Crippen molar-refractivity contribution in [2.45, 2.75) is 25.2 Å². The van der Waals surface area contributed by atoms with Crippen molar-refractivity contribution in [3.05, 3.63) is 35.6 Å². The average molecular weight is 382 g/mol. The summed E-state index contributed by atoms with van der Waals surface area (Å²) in [6, 6.07) is 6.75. The molecule has 0 unspecified atom stereocenters. The van der Waals surface area contributed by atoms with Crippen molar-refractivity contribution < 1.29 is 9.13 Å². The van der Waals surface area contributed by atoms with E-state index in [1.54, 1.807) is 0 Å². The van der Waals surface area contributed by atoms with Gasteiger partial charge in [0.05, 0.1) is 0 Å². The van der Waals surface area contributed by atoms with Gasteiger partial charge in [-0.15, -0.1) is 0 Å². The molecule has 0 saturated heterocycles. The van der Waals surface area contributed by atoms with Crippen molar-refractivity contribution in [3.8, 4) is 0 Å². The lowest BCUT2D eigenvalue weighted by Crippen LogP contribution is -2.32. The van der Waals surface area contributed by atoms with E-state index in [1.807, 2.05) is 12.1 Å². The van der Waals surface area contributed by atoms with Crippen LogP contribution in [0.1, 0.15) is 25.3 Å². The smallest absolute Gasteiger partial charge is 0.123 e. The zero-order valence-electron chi connectivity index (χ0n) is 10.6. The highest BCUT2D eigenvalue weighted by Crippen LogP contribution is 2.32. The Labute approximate surface area is 125 Å². The van der Waals surface area contributed by atoms with Crippen LogP contribution in [0, 0.1) is 5.82 Å². The van der Waals surface area contributed by atoms with E-state index in [4.69, 9.17) is 4.74 Å². The summed E-state index contributed by atoms with van der Waals surface area (Å²) in [5.41, 5.74) is 1.10. The highest BCUT2D eigenvalue weighted by atomic mass is 79.9. The minimum absolute atomic E-state index is 0.0402. The Morgan fingerprint density at radius 2 is 1.72 bits per heavy atom. The van der Waals surface area contributed by atoms with Gasteiger partial charge < -0.3 is 4.74 Å². The molecule has 0 heterocycles. The van der Waals surface area contributed by atoms with Crippen LogP contribution >= 0.6 is 31.9 Å². The fourth-order valence-electron chi connectivity index (χ4n) is 1.79. The van der Waals surface area contributed by atoms with Crippen LogP contribution in [0.3, 0.4) is 0 Å². The van der Waals surface area contributed by atoms with Crippen molar-refractivity contribution >= 4 is 31.9 Å². The van der Waals surface area contributed by atoms with Gasteiger partial charge in [0.15, 0.2) is 0 Å². The molecular formula is C14H19Br2FO. The highest BCUT2D eigenvalue weighted by molar-refractivity contribution is 9.09. The number of ether oxygens (including phenoxy) is 1. The molecular weight excluding hydrogens is 363 g/mol. The molecule has 0 atom stereocenters. The standard InChI is InChI=1S/C14H19Br2FO/c1-2-8-18-9-7-14(10-15,11-16)12-3-5-13(17)6-4-12/h3-6H,2,7-11H2,1H3. The van der Waals surface area contributed by atoms with Crippen molar-refractivity contribution in [2.75, 3.05) is 23.9 Å². The van der Waals surface area contributed by atoms with Crippen LogP contribution in [0.4, 0.5) is 4.39 Å². The van der Waals surface area contributed by atoms with Gasteiger partial charge in [0, 0.05) is 29.3 Å². The minimum Gasteiger partial charge on any atom is -0.381 e. The lowest BCUT2D eigenvalue weighted by Gasteiger charge is -2.30. The van der Waals surface area contributed by atoms with Gasteiger partial charge in [-0.1, -0.05) is 50.9 Å². The molecule has 0 radical (unpaired) electrons. The zero-order valence-corrected chi connectivity index (χ0v) is 13.8. The lowest BCUT2D eigenvalue weighted by molar-refractivity contribution is 0.120.